The molecule has 0 atom stereocenters. The third-order valence-electron chi connectivity index (χ3n) is 2.40. The summed E-state index contributed by atoms with van der Waals surface area (Å²) in [5.41, 5.74) is 2.49. The zero-order valence-electron chi connectivity index (χ0n) is 9.92. The number of methoxy groups -OCH3 is 2. The van der Waals surface area contributed by atoms with Crippen LogP contribution < -0.4 is 5.32 Å². The summed E-state index contributed by atoms with van der Waals surface area (Å²) in [5.74, 6) is 0. The van der Waals surface area contributed by atoms with Gasteiger partial charge in [0.05, 0.1) is 0 Å². The molecular weight excluding hydrogens is 270 g/mol. The van der Waals surface area contributed by atoms with Crippen molar-refractivity contribution in [1.29, 1.82) is 0 Å². The fourth-order valence-corrected chi connectivity index (χ4v) is 1.77. The Balaban J connectivity index is 2.40. The Morgan fingerprint density at radius 2 is 2.00 bits per heavy atom. The van der Waals surface area contributed by atoms with Crippen molar-refractivity contribution in [1.82, 2.24) is 5.32 Å². The fourth-order valence-electron chi connectivity index (χ4n) is 1.34. The molecule has 0 radical (unpaired) electrons. The van der Waals surface area contributed by atoms with Gasteiger partial charge < -0.3 is 14.8 Å². The smallest absolute Gasteiger partial charge is 0.169 e. The Morgan fingerprint density at radius 3 is 2.56 bits per heavy atom. The van der Waals surface area contributed by atoms with Crippen molar-refractivity contribution >= 4 is 15.9 Å². The second kappa shape index (κ2) is 7.01. The average Bonchev–Trinajstić information content (AvgIpc) is 2.29. The predicted molar refractivity (Wildman–Crippen MR) is 68.4 cm³/mol. The summed E-state index contributed by atoms with van der Waals surface area (Å²) >= 11 is 3.52. The highest BCUT2D eigenvalue weighted by Crippen LogP contribution is 2.17. The van der Waals surface area contributed by atoms with Gasteiger partial charge in [-0.05, 0) is 24.1 Å². The molecule has 0 aliphatic rings. The van der Waals surface area contributed by atoms with E-state index in [4.69, 9.17) is 9.47 Å². The summed E-state index contributed by atoms with van der Waals surface area (Å²) < 4.78 is 11.3. The Morgan fingerprint density at radius 1 is 1.31 bits per heavy atom. The Labute approximate surface area is 105 Å². The summed E-state index contributed by atoms with van der Waals surface area (Å²) in [6.45, 7) is 3.56. The highest BCUT2D eigenvalue weighted by Gasteiger charge is 2.04. The molecule has 1 aromatic carbocycles. The van der Waals surface area contributed by atoms with Crippen LogP contribution in [0.5, 0.6) is 0 Å². The molecular formula is C12H18BrNO2. The predicted octanol–water partition coefficient (Wildman–Crippen LogP) is 2.47. The van der Waals surface area contributed by atoms with Crippen molar-refractivity contribution in [3.05, 3.63) is 33.8 Å². The van der Waals surface area contributed by atoms with Gasteiger partial charge in [-0.2, -0.15) is 0 Å². The number of benzene rings is 1. The van der Waals surface area contributed by atoms with Gasteiger partial charge in [0.25, 0.3) is 0 Å². The van der Waals surface area contributed by atoms with Crippen LogP contribution in [0.4, 0.5) is 0 Å². The highest BCUT2D eigenvalue weighted by molar-refractivity contribution is 9.10. The lowest BCUT2D eigenvalue weighted by atomic mass is 10.1. The number of nitrogens with one attached hydrogen (secondary N) is 1. The zero-order valence-corrected chi connectivity index (χ0v) is 11.5. The van der Waals surface area contributed by atoms with Gasteiger partial charge >= 0.3 is 0 Å². The largest absolute Gasteiger partial charge is 0.355 e. The minimum atomic E-state index is -0.186. The van der Waals surface area contributed by atoms with Crippen LogP contribution in [0.2, 0.25) is 0 Å². The van der Waals surface area contributed by atoms with E-state index in [-0.39, 0.29) is 6.29 Å². The SMILES string of the molecule is COC(CNCc1ccc(C)c(Br)c1)OC. The molecule has 1 aromatic rings. The van der Waals surface area contributed by atoms with Crippen LogP contribution in [0.25, 0.3) is 0 Å². The summed E-state index contributed by atoms with van der Waals surface area (Å²) in [4.78, 5) is 0. The van der Waals surface area contributed by atoms with Gasteiger partial charge in [-0.1, -0.05) is 28.1 Å². The Kier molecular flexibility index (Phi) is 5.98. The zero-order chi connectivity index (χ0) is 12.0. The average molecular weight is 288 g/mol. The lowest BCUT2D eigenvalue weighted by molar-refractivity contribution is -0.0989. The Bertz CT molecular complexity index is 327. The molecule has 0 aliphatic carbocycles. The van der Waals surface area contributed by atoms with E-state index in [1.165, 1.54) is 11.1 Å². The first-order chi connectivity index (χ1) is 7.67. The normalized spacial score (nSPS) is 11.1. The fraction of sp³-hybridized carbons (Fsp3) is 0.500. The molecule has 0 unspecified atom stereocenters. The first kappa shape index (κ1) is 13.6. The van der Waals surface area contributed by atoms with E-state index < -0.39 is 0 Å². The molecule has 0 saturated heterocycles. The lowest BCUT2D eigenvalue weighted by Gasteiger charge is -2.14. The molecule has 90 valence electrons. The Hall–Kier alpha value is -0.420. The number of rotatable bonds is 6. The molecule has 4 heteroatoms. The van der Waals surface area contributed by atoms with Gasteiger partial charge in [-0.3, -0.25) is 0 Å². The molecule has 3 nitrogen and oxygen atoms in total. The second-order valence-electron chi connectivity index (χ2n) is 3.62. The number of hydrogen-bond donors (Lipinski definition) is 1. The lowest BCUT2D eigenvalue weighted by Crippen LogP contribution is -2.29. The van der Waals surface area contributed by atoms with Gasteiger partial charge in [-0.25, -0.2) is 0 Å². The maximum absolute atomic E-state index is 5.09. The van der Waals surface area contributed by atoms with Crippen molar-refractivity contribution in [2.24, 2.45) is 0 Å². The van der Waals surface area contributed by atoms with Gasteiger partial charge in [-0.15, -0.1) is 0 Å². The van der Waals surface area contributed by atoms with Gasteiger partial charge in [0.1, 0.15) is 0 Å². The monoisotopic (exact) mass is 287 g/mol. The standard InChI is InChI=1S/C12H18BrNO2/c1-9-4-5-10(6-11(9)13)7-14-8-12(15-2)16-3/h4-6,12,14H,7-8H2,1-3H3. The molecule has 0 amide bonds. The van der Waals surface area contributed by atoms with Crippen LogP contribution in [-0.4, -0.2) is 27.1 Å². The van der Waals surface area contributed by atoms with Gasteiger partial charge in [0.15, 0.2) is 6.29 Å². The van der Waals surface area contributed by atoms with Crippen molar-refractivity contribution in [2.75, 3.05) is 20.8 Å². The van der Waals surface area contributed by atoms with Crippen molar-refractivity contribution < 1.29 is 9.47 Å². The van der Waals surface area contributed by atoms with Gasteiger partial charge in [0.2, 0.25) is 0 Å². The van der Waals surface area contributed by atoms with Gasteiger partial charge in [0, 0.05) is 31.8 Å². The maximum atomic E-state index is 5.09. The number of hydrogen-bond acceptors (Lipinski definition) is 3. The molecule has 0 heterocycles. The summed E-state index contributed by atoms with van der Waals surface area (Å²) in [7, 11) is 3.27. The molecule has 16 heavy (non-hydrogen) atoms. The molecule has 0 fully saturated rings. The molecule has 1 rings (SSSR count). The topological polar surface area (TPSA) is 30.5 Å². The van der Waals surface area contributed by atoms with E-state index in [9.17, 15) is 0 Å². The van der Waals surface area contributed by atoms with Crippen molar-refractivity contribution in [3.8, 4) is 0 Å². The summed E-state index contributed by atoms with van der Waals surface area (Å²) in [5, 5.41) is 3.28. The number of aryl methyl sites for hydroxylation is 1. The second-order valence-corrected chi connectivity index (χ2v) is 4.47. The molecule has 0 bridgehead atoms. The van der Waals surface area contributed by atoms with Crippen molar-refractivity contribution in [3.63, 3.8) is 0 Å². The van der Waals surface area contributed by atoms with Crippen LogP contribution in [0.3, 0.4) is 0 Å². The number of ether oxygens (including phenoxy) is 2. The van der Waals surface area contributed by atoms with E-state index in [1.807, 2.05) is 0 Å². The molecule has 0 saturated carbocycles. The molecule has 1 N–H and O–H groups in total. The van der Waals surface area contributed by atoms with E-state index >= 15 is 0 Å². The van der Waals surface area contributed by atoms with Crippen molar-refractivity contribution in [2.45, 2.75) is 19.8 Å². The van der Waals surface area contributed by atoms with Crippen LogP contribution >= 0.6 is 15.9 Å². The maximum Gasteiger partial charge on any atom is 0.169 e. The first-order valence-corrected chi connectivity index (χ1v) is 5.98. The minimum absolute atomic E-state index is 0.186. The molecule has 0 aromatic heterocycles. The van der Waals surface area contributed by atoms with E-state index in [0.29, 0.717) is 6.54 Å². The third kappa shape index (κ3) is 4.22. The summed E-state index contributed by atoms with van der Waals surface area (Å²) in [6, 6.07) is 6.34. The quantitative estimate of drug-likeness (QED) is 0.816. The van der Waals surface area contributed by atoms with Crippen LogP contribution in [0.15, 0.2) is 22.7 Å². The molecule has 0 aliphatic heterocycles. The minimum Gasteiger partial charge on any atom is -0.355 e. The third-order valence-corrected chi connectivity index (χ3v) is 3.26. The number of halogens is 1. The van der Waals surface area contributed by atoms with E-state index in [2.05, 4.69) is 46.4 Å². The van der Waals surface area contributed by atoms with E-state index in [0.717, 1.165) is 11.0 Å². The molecule has 0 spiro atoms. The summed E-state index contributed by atoms with van der Waals surface area (Å²) in [6.07, 6.45) is -0.186. The van der Waals surface area contributed by atoms with Crippen LogP contribution in [-0.2, 0) is 16.0 Å². The first-order valence-electron chi connectivity index (χ1n) is 5.18. The van der Waals surface area contributed by atoms with Crippen LogP contribution in [0.1, 0.15) is 11.1 Å². The van der Waals surface area contributed by atoms with E-state index in [1.54, 1.807) is 14.2 Å². The highest BCUT2D eigenvalue weighted by atomic mass is 79.9. The van der Waals surface area contributed by atoms with Crippen LogP contribution in [0, 0.1) is 6.92 Å².